The van der Waals surface area contributed by atoms with Gasteiger partial charge < -0.3 is 11.1 Å². The van der Waals surface area contributed by atoms with Gasteiger partial charge in [0.1, 0.15) is 11.5 Å². The van der Waals surface area contributed by atoms with Crippen molar-refractivity contribution in [2.45, 2.75) is 0 Å². The number of carbonyl (C=O) groups is 1. The second-order valence-corrected chi connectivity index (χ2v) is 8.31. The first kappa shape index (κ1) is 22.3. The van der Waals surface area contributed by atoms with Crippen molar-refractivity contribution in [3.05, 3.63) is 89.4 Å². The second kappa shape index (κ2) is 9.37. The number of rotatable bonds is 5. The summed E-state index contributed by atoms with van der Waals surface area (Å²) in [5.41, 5.74) is 13.6. The monoisotopic (exact) mass is 492 g/mol. The summed E-state index contributed by atoms with van der Waals surface area (Å²) in [6.45, 7) is 0. The Bertz CT molecular complexity index is 1430. The molecule has 35 heavy (non-hydrogen) atoms. The zero-order chi connectivity index (χ0) is 24.4. The Morgan fingerprint density at radius 2 is 1.89 bits per heavy atom. The number of nitrogens with zero attached hydrogens (tertiary/aromatic N) is 3. The van der Waals surface area contributed by atoms with Crippen LogP contribution in [0, 0.1) is 11.6 Å². The maximum absolute atomic E-state index is 14.4. The quantitative estimate of drug-likeness (QED) is 0.280. The molecule has 1 aliphatic rings. The Morgan fingerprint density at radius 3 is 2.71 bits per heavy atom. The summed E-state index contributed by atoms with van der Waals surface area (Å²) in [5, 5.41) is 13.5. The van der Waals surface area contributed by atoms with Gasteiger partial charge in [-0.1, -0.05) is 18.2 Å². The molecule has 3 heterocycles. The zero-order valence-corrected chi connectivity index (χ0v) is 18.7. The fourth-order valence-corrected chi connectivity index (χ4v) is 4.08. The van der Waals surface area contributed by atoms with E-state index in [1.165, 1.54) is 28.5 Å². The summed E-state index contributed by atoms with van der Waals surface area (Å²) < 4.78 is 28.2. The SMILES string of the molecule is Nc1ncc(-c2cccc(NC(=O)Nc3cccs3)c2)cc1C1=NNNN1c1cccc(F)c1F. The largest absolute Gasteiger partial charge is 0.383 e. The van der Waals surface area contributed by atoms with Crippen LogP contribution in [-0.4, -0.2) is 16.9 Å². The van der Waals surface area contributed by atoms with Gasteiger partial charge in [-0.15, -0.1) is 22.0 Å². The number of benzene rings is 2. The number of nitrogens with one attached hydrogen (secondary N) is 4. The van der Waals surface area contributed by atoms with Crippen molar-refractivity contribution in [3.63, 3.8) is 0 Å². The van der Waals surface area contributed by atoms with Gasteiger partial charge in [0.15, 0.2) is 17.5 Å². The Kier molecular flexibility index (Phi) is 5.95. The highest BCUT2D eigenvalue weighted by molar-refractivity contribution is 7.14. The van der Waals surface area contributed by atoms with Crippen molar-refractivity contribution in [2.75, 3.05) is 21.4 Å². The molecule has 0 fully saturated rings. The molecule has 5 rings (SSSR count). The van der Waals surface area contributed by atoms with Gasteiger partial charge in [0.05, 0.1) is 10.6 Å². The number of nitrogens with two attached hydrogens (primary N) is 1. The van der Waals surface area contributed by atoms with Crippen LogP contribution in [0.4, 0.5) is 35.8 Å². The number of amides is 2. The number of anilines is 4. The molecule has 2 amide bonds. The van der Waals surface area contributed by atoms with E-state index in [2.05, 4.69) is 31.8 Å². The predicted molar refractivity (Wildman–Crippen MR) is 133 cm³/mol. The van der Waals surface area contributed by atoms with Gasteiger partial charge in [0.2, 0.25) is 0 Å². The van der Waals surface area contributed by atoms with E-state index >= 15 is 0 Å². The molecule has 0 saturated heterocycles. The number of hydrazine groups is 2. The maximum atomic E-state index is 14.4. The molecular formula is C23H18F2N8OS. The van der Waals surface area contributed by atoms with E-state index in [9.17, 15) is 13.6 Å². The molecular weight excluding hydrogens is 474 g/mol. The van der Waals surface area contributed by atoms with E-state index in [-0.39, 0.29) is 23.4 Å². The number of halogens is 2. The normalized spacial score (nSPS) is 12.7. The van der Waals surface area contributed by atoms with Crippen molar-refractivity contribution < 1.29 is 13.6 Å². The van der Waals surface area contributed by atoms with E-state index in [0.717, 1.165) is 16.6 Å². The lowest BCUT2D eigenvalue weighted by atomic mass is 10.0. The standard InChI is InChI=1S/C23H18F2N8OS/c24-17-6-2-7-18(20(17)25)33-22(30-31-32-33)16-11-14(12-27-21(16)26)13-4-1-5-15(10-13)28-23(34)29-19-8-3-9-35-19/h1-12,31-32H,(H2,26,27)(H2,28,29,34). The fourth-order valence-electron chi connectivity index (χ4n) is 3.46. The molecule has 6 N–H and O–H groups in total. The molecule has 0 unspecified atom stereocenters. The van der Waals surface area contributed by atoms with Crippen LogP contribution < -0.4 is 32.4 Å². The predicted octanol–water partition coefficient (Wildman–Crippen LogP) is 4.51. The van der Waals surface area contributed by atoms with Gasteiger partial charge in [0.25, 0.3) is 0 Å². The third kappa shape index (κ3) is 4.60. The minimum absolute atomic E-state index is 0.0819. The Hall–Kier alpha value is -4.55. The summed E-state index contributed by atoms with van der Waals surface area (Å²) in [7, 11) is 0. The van der Waals surface area contributed by atoms with E-state index in [1.807, 2.05) is 17.5 Å². The Morgan fingerprint density at radius 1 is 1.03 bits per heavy atom. The summed E-state index contributed by atoms with van der Waals surface area (Å²) in [6, 6.07) is 16.0. The van der Waals surface area contributed by atoms with E-state index in [4.69, 9.17) is 5.73 Å². The topological polar surface area (TPSA) is 120 Å². The average molecular weight is 493 g/mol. The number of amidine groups is 1. The first-order chi connectivity index (χ1) is 17.0. The number of hydrogen-bond acceptors (Lipinski definition) is 8. The van der Waals surface area contributed by atoms with Crippen molar-refractivity contribution >= 4 is 45.4 Å². The van der Waals surface area contributed by atoms with Crippen molar-refractivity contribution in [3.8, 4) is 11.1 Å². The van der Waals surface area contributed by atoms with Gasteiger partial charge in [-0.2, -0.15) is 0 Å². The Balaban J connectivity index is 1.42. The van der Waals surface area contributed by atoms with Crippen LogP contribution in [0.25, 0.3) is 11.1 Å². The summed E-state index contributed by atoms with van der Waals surface area (Å²) in [5.74, 6) is -1.70. The van der Waals surface area contributed by atoms with Crippen LogP contribution >= 0.6 is 11.3 Å². The number of pyridine rings is 1. The van der Waals surface area contributed by atoms with E-state index < -0.39 is 11.6 Å². The lowest BCUT2D eigenvalue weighted by molar-refractivity contribution is 0.262. The molecule has 4 aromatic rings. The van der Waals surface area contributed by atoms with Crippen LogP contribution in [0.2, 0.25) is 0 Å². The van der Waals surface area contributed by atoms with Crippen molar-refractivity contribution in [1.82, 2.24) is 16.1 Å². The molecule has 0 saturated carbocycles. The van der Waals surface area contributed by atoms with Crippen LogP contribution in [0.1, 0.15) is 5.56 Å². The average Bonchev–Trinajstić information content (AvgIpc) is 3.54. The second-order valence-electron chi connectivity index (χ2n) is 7.36. The molecule has 0 radical (unpaired) electrons. The molecule has 2 aromatic heterocycles. The lowest BCUT2D eigenvalue weighted by Crippen LogP contribution is -2.42. The highest BCUT2D eigenvalue weighted by Gasteiger charge is 2.27. The zero-order valence-electron chi connectivity index (χ0n) is 17.9. The van der Waals surface area contributed by atoms with Crippen LogP contribution in [-0.2, 0) is 0 Å². The van der Waals surface area contributed by atoms with Gasteiger partial charge in [-0.25, -0.2) is 29.1 Å². The Labute approximate surface area is 202 Å². The summed E-state index contributed by atoms with van der Waals surface area (Å²) >= 11 is 1.42. The number of hydrogen-bond donors (Lipinski definition) is 5. The fraction of sp³-hybridized carbons (Fsp3) is 0. The molecule has 176 valence electrons. The summed E-state index contributed by atoms with van der Waals surface area (Å²) in [4.78, 5) is 16.5. The number of aromatic nitrogens is 1. The molecule has 0 spiro atoms. The van der Waals surface area contributed by atoms with Gasteiger partial charge in [0, 0.05) is 17.4 Å². The van der Waals surface area contributed by atoms with Crippen LogP contribution in [0.15, 0.2) is 77.3 Å². The number of hydrazone groups is 1. The smallest absolute Gasteiger partial charge is 0.324 e. The van der Waals surface area contributed by atoms with Gasteiger partial charge >= 0.3 is 6.03 Å². The highest BCUT2D eigenvalue weighted by Crippen LogP contribution is 2.28. The van der Waals surface area contributed by atoms with Gasteiger partial charge in [-0.3, -0.25) is 5.32 Å². The number of urea groups is 1. The van der Waals surface area contributed by atoms with Gasteiger partial charge in [-0.05, 0) is 53.4 Å². The minimum Gasteiger partial charge on any atom is -0.383 e. The van der Waals surface area contributed by atoms with E-state index in [0.29, 0.717) is 16.8 Å². The first-order valence-electron chi connectivity index (χ1n) is 10.3. The van der Waals surface area contributed by atoms with Crippen molar-refractivity contribution in [2.24, 2.45) is 5.10 Å². The number of thiophene rings is 1. The molecule has 0 bridgehead atoms. The minimum atomic E-state index is -1.04. The van der Waals surface area contributed by atoms with Crippen LogP contribution in [0.3, 0.4) is 0 Å². The highest BCUT2D eigenvalue weighted by atomic mass is 32.1. The van der Waals surface area contributed by atoms with Crippen molar-refractivity contribution in [1.29, 1.82) is 0 Å². The third-order valence-corrected chi connectivity index (χ3v) is 5.86. The molecule has 0 atom stereocenters. The molecule has 0 aliphatic carbocycles. The first-order valence-corrected chi connectivity index (χ1v) is 11.2. The lowest BCUT2D eigenvalue weighted by Gasteiger charge is -2.20. The number of nitrogen functional groups attached to an aromatic ring is 1. The maximum Gasteiger partial charge on any atom is 0.324 e. The molecule has 2 aromatic carbocycles. The molecule has 9 nitrogen and oxygen atoms in total. The molecule has 12 heteroatoms. The molecule has 1 aliphatic heterocycles. The third-order valence-electron chi connectivity index (χ3n) is 5.08. The van der Waals surface area contributed by atoms with Crippen LogP contribution in [0.5, 0.6) is 0 Å². The summed E-state index contributed by atoms with van der Waals surface area (Å²) in [6.07, 6.45) is 1.58. The number of carbonyl (C=O) groups excluding carboxylic acids is 1. The van der Waals surface area contributed by atoms with E-state index in [1.54, 1.807) is 36.5 Å².